The molecule has 2 unspecified atom stereocenters. The van der Waals surface area contributed by atoms with Crippen molar-refractivity contribution in [3.63, 3.8) is 0 Å². The second-order valence-corrected chi connectivity index (χ2v) is 26.3. The summed E-state index contributed by atoms with van der Waals surface area (Å²) in [5, 5.41) is 0. The Bertz CT molecular complexity index is 5110. The van der Waals surface area contributed by atoms with E-state index in [1.807, 2.05) is 48.5 Å². The van der Waals surface area contributed by atoms with Gasteiger partial charge in [-0.3, -0.25) is 0 Å². The van der Waals surface area contributed by atoms with E-state index in [4.69, 9.17) is 18.9 Å². The summed E-state index contributed by atoms with van der Waals surface area (Å²) >= 11 is 0. The van der Waals surface area contributed by atoms with Gasteiger partial charge in [-0.15, -0.1) is 0 Å². The SMILES string of the molecule is COc1ccc(C2(c3ccc(Oc4ccc5c(c4)CC5)cc3)c3ccccc3-c3ccc(N(c4ccc(F)cc4)c4ccc(-c5ccc(N(c6ccc(F)cc6)c6ccc7c(c6)C(c6ccc(OC)cc6)(c6ccc(Oc8ccc9c(c8)CC9)cc6)c6ccccc6-7)cc5)cc4)cc32)cc1. The summed E-state index contributed by atoms with van der Waals surface area (Å²) < 4.78 is 54.6. The molecule has 0 heterocycles. The second-order valence-electron chi connectivity index (χ2n) is 26.3. The number of aryl methyl sites for hydroxylation is 4. The predicted octanol–water partition coefficient (Wildman–Crippen LogP) is 23.1. The Hall–Kier alpha value is -12.3. The molecule has 0 amide bonds. The fourth-order valence-electron chi connectivity index (χ4n) is 16.0. The number of nitrogens with zero attached hydrogens (tertiary/aromatic N) is 2. The largest absolute Gasteiger partial charge is 0.497 e. The molecule has 0 N–H and O–H groups in total. The quantitative estimate of drug-likeness (QED) is 0.0905. The van der Waals surface area contributed by atoms with Crippen LogP contribution in [-0.2, 0) is 36.5 Å². The zero-order valence-corrected chi connectivity index (χ0v) is 55.1. The molecule has 6 nitrogen and oxygen atoms in total. The summed E-state index contributed by atoms with van der Waals surface area (Å²) in [6, 6.07) is 108. The first kappa shape index (κ1) is 60.2. The Balaban J connectivity index is 0.708. The van der Waals surface area contributed by atoms with Crippen molar-refractivity contribution in [2.75, 3.05) is 24.0 Å². The standard InChI is InChI=1S/C92H66F2N2O4/c1-97-77-45-21-65(22-46-77)91(67-25-49-79(50-26-67)99-81-43-19-61-11-13-63(61)55-81)87-9-5-3-7-83(87)85-53-41-75(57-89(85)91)95(73-37-29-69(93)30-38-73)71-33-15-59(16-34-71)60-17-35-72(36-18-60)96(74-39-31-70(94)32-40-74)76-42-54-86-84-8-4-6-10-88(84)92(90(86)58-76,66-23-47-78(98-2)48-24-66)68-27-51-80(52-28-68)100-82-44-20-62-12-14-64(62)56-82/h3-10,15-58H,11-14H2,1-2H3. The molecule has 482 valence electrons. The number of hydrogen-bond donors (Lipinski definition) is 0. The number of methoxy groups -OCH3 is 2. The van der Waals surface area contributed by atoms with E-state index in [-0.39, 0.29) is 11.6 Å². The van der Waals surface area contributed by atoms with E-state index in [0.717, 1.165) is 172 Å². The van der Waals surface area contributed by atoms with Gasteiger partial charge in [0.05, 0.1) is 25.0 Å². The van der Waals surface area contributed by atoms with Gasteiger partial charge in [-0.1, -0.05) is 146 Å². The molecule has 0 spiro atoms. The Labute approximate surface area is 580 Å². The zero-order valence-electron chi connectivity index (χ0n) is 55.1. The molecular weight excluding hydrogens is 1240 g/mol. The molecule has 0 aliphatic heterocycles. The summed E-state index contributed by atoms with van der Waals surface area (Å²) in [4.78, 5) is 4.41. The highest BCUT2D eigenvalue weighted by molar-refractivity contribution is 5.92. The highest BCUT2D eigenvalue weighted by Gasteiger charge is 2.48. The fourth-order valence-corrected chi connectivity index (χ4v) is 16.0. The third kappa shape index (κ3) is 10.0. The van der Waals surface area contributed by atoms with E-state index in [2.05, 4.69) is 252 Å². The molecule has 0 radical (unpaired) electrons. The van der Waals surface area contributed by atoms with Gasteiger partial charge in [0, 0.05) is 34.1 Å². The number of benzene rings is 14. The molecule has 0 bridgehead atoms. The van der Waals surface area contributed by atoms with E-state index in [1.54, 1.807) is 14.2 Å². The average Bonchev–Trinajstić information content (AvgIpc) is 1.54. The van der Waals surface area contributed by atoms with Crippen LogP contribution < -0.4 is 28.7 Å². The van der Waals surface area contributed by atoms with Crippen LogP contribution in [0.15, 0.2) is 315 Å². The smallest absolute Gasteiger partial charge is 0.127 e. The highest BCUT2D eigenvalue weighted by Crippen LogP contribution is 2.60. The van der Waals surface area contributed by atoms with Gasteiger partial charge in [0.2, 0.25) is 0 Å². The molecule has 100 heavy (non-hydrogen) atoms. The summed E-state index contributed by atoms with van der Waals surface area (Å²) in [5.41, 5.74) is 24.6. The average molecular weight is 1300 g/mol. The molecule has 0 saturated heterocycles. The van der Waals surface area contributed by atoms with Crippen molar-refractivity contribution >= 4 is 34.1 Å². The number of hydrogen-bond acceptors (Lipinski definition) is 6. The lowest BCUT2D eigenvalue weighted by atomic mass is 9.67. The Morgan fingerprint density at radius 1 is 0.260 bits per heavy atom. The number of halogens is 2. The number of rotatable bonds is 17. The lowest BCUT2D eigenvalue weighted by molar-refractivity contribution is 0.414. The molecule has 2 atom stereocenters. The lowest BCUT2D eigenvalue weighted by Crippen LogP contribution is -2.28. The molecular formula is C92H66F2N2O4. The van der Waals surface area contributed by atoms with E-state index in [1.165, 1.54) is 46.5 Å². The minimum atomic E-state index is -0.764. The summed E-state index contributed by atoms with van der Waals surface area (Å²) in [7, 11) is 3.39. The molecule has 8 heteroatoms. The van der Waals surface area contributed by atoms with Crippen LogP contribution in [0.25, 0.3) is 33.4 Å². The predicted molar refractivity (Wildman–Crippen MR) is 397 cm³/mol. The van der Waals surface area contributed by atoms with Gasteiger partial charge >= 0.3 is 0 Å². The number of anilines is 6. The van der Waals surface area contributed by atoms with Crippen molar-refractivity contribution in [2.45, 2.75) is 36.5 Å². The third-order valence-electron chi connectivity index (χ3n) is 21.1. The van der Waals surface area contributed by atoms with Crippen molar-refractivity contribution in [3.8, 4) is 67.9 Å². The normalized spacial score (nSPS) is 15.5. The molecule has 0 fully saturated rings. The molecule has 14 aromatic rings. The monoisotopic (exact) mass is 1300 g/mol. The van der Waals surface area contributed by atoms with Gasteiger partial charge in [0.15, 0.2) is 0 Å². The first-order valence-electron chi connectivity index (χ1n) is 34.1. The fraction of sp³-hybridized carbons (Fsp3) is 0.0870. The Morgan fingerprint density at radius 2 is 0.560 bits per heavy atom. The summed E-state index contributed by atoms with van der Waals surface area (Å²) in [6.45, 7) is 0. The van der Waals surface area contributed by atoms with Gasteiger partial charge in [-0.05, 0) is 296 Å². The summed E-state index contributed by atoms with van der Waals surface area (Å²) in [6.07, 6.45) is 4.39. The van der Waals surface area contributed by atoms with Crippen LogP contribution in [0.1, 0.15) is 66.8 Å². The molecule has 0 saturated carbocycles. The molecule has 4 aliphatic rings. The number of ether oxygens (including phenoxy) is 4. The van der Waals surface area contributed by atoms with Crippen molar-refractivity contribution in [2.24, 2.45) is 0 Å². The van der Waals surface area contributed by atoms with Crippen LogP contribution in [0, 0.1) is 11.6 Å². The highest BCUT2D eigenvalue weighted by atomic mass is 19.1. The van der Waals surface area contributed by atoms with Crippen LogP contribution in [0.3, 0.4) is 0 Å². The van der Waals surface area contributed by atoms with Crippen LogP contribution in [0.5, 0.6) is 34.5 Å². The van der Waals surface area contributed by atoms with Crippen molar-refractivity contribution < 1.29 is 27.7 Å². The van der Waals surface area contributed by atoms with Crippen LogP contribution in [-0.4, -0.2) is 14.2 Å². The first-order valence-corrected chi connectivity index (χ1v) is 34.1. The topological polar surface area (TPSA) is 43.4 Å². The van der Waals surface area contributed by atoms with E-state index >= 15 is 8.78 Å². The zero-order chi connectivity index (χ0) is 67.1. The van der Waals surface area contributed by atoms with Crippen LogP contribution >= 0.6 is 0 Å². The second kappa shape index (κ2) is 24.4. The van der Waals surface area contributed by atoms with E-state index < -0.39 is 10.8 Å². The van der Waals surface area contributed by atoms with Gasteiger partial charge in [0.1, 0.15) is 46.1 Å². The van der Waals surface area contributed by atoms with Gasteiger partial charge in [0.25, 0.3) is 0 Å². The molecule has 0 aromatic heterocycles. The van der Waals surface area contributed by atoms with Crippen LogP contribution in [0.4, 0.5) is 42.9 Å². The Kier molecular flexibility index (Phi) is 14.7. The Morgan fingerprint density at radius 3 is 0.890 bits per heavy atom. The minimum Gasteiger partial charge on any atom is -0.497 e. The number of fused-ring (bicyclic) bond motifs is 8. The maximum atomic E-state index is 15.0. The maximum absolute atomic E-state index is 15.0. The molecule has 14 aromatic carbocycles. The lowest BCUT2D eigenvalue weighted by Gasteiger charge is -2.35. The van der Waals surface area contributed by atoms with Crippen molar-refractivity contribution in [1.29, 1.82) is 0 Å². The first-order chi connectivity index (χ1) is 49.2. The molecule has 4 aliphatic carbocycles. The van der Waals surface area contributed by atoms with Gasteiger partial charge in [-0.25, -0.2) is 8.78 Å². The van der Waals surface area contributed by atoms with Crippen LogP contribution in [0.2, 0.25) is 0 Å². The van der Waals surface area contributed by atoms with E-state index in [0.29, 0.717) is 0 Å². The third-order valence-corrected chi connectivity index (χ3v) is 21.1. The molecule has 18 rings (SSSR count). The summed E-state index contributed by atoms with van der Waals surface area (Å²) in [5.74, 6) is 4.10. The van der Waals surface area contributed by atoms with E-state index in [9.17, 15) is 0 Å². The maximum Gasteiger partial charge on any atom is 0.127 e. The van der Waals surface area contributed by atoms with Gasteiger partial charge < -0.3 is 28.7 Å². The van der Waals surface area contributed by atoms with Gasteiger partial charge in [-0.2, -0.15) is 0 Å². The van der Waals surface area contributed by atoms with Crippen molar-refractivity contribution in [1.82, 2.24) is 0 Å². The van der Waals surface area contributed by atoms with Crippen molar-refractivity contribution in [3.05, 3.63) is 394 Å². The minimum absolute atomic E-state index is 0.317.